The molecule has 13 N–H and O–H groups in total. The number of hydrogen-bond donors (Lipinski definition) is 13. The quantitative estimate of drug-likeness (QED) is 0.0501. The van der Waals surface area contributed by atoms with Gasteiger partial charge in [-0.15, -0.1) is 0 Å². The van der Waals surface area contributed by atoms with Crippen LogP contribution in [-0.4, -0.2) is 233 Å². The van der Waals surface area contributed by atoms with E-state index in [1.165, 1.54) is 6.92 Å². The molecule has 0 aromatic carbocycles. The highest BCUT2D eigenvalue weighted by atomic mass is 16.8. The fourth-order valence-corrected chi connectivity index (χ4v) is 16.2. The zero-order chi connectivity index (χ0) is 57.4. The highest BCUT2D eigenvalue weighted by Crippen LogP contribution is 2.76. The lowest BCUT2D eigenvalue weighted by Crippen LogP contribution is -2.68. The van der Waals surface area contributed by atoms with E-state index in [1.807, 2.05) is 20.8 Å². The second-order valence-electron chi connectivity index (χ2n) is 25.9. The van der Waals surface area contributed by atoms with E-state index >= 15 is 0 Å². The lowest BCUT2D eigenvalue weighted by molar-refractivity contribution is -0.378. The number of rotatable bonds is 16. The van der Waals surface area contributed by atoms with Crippen molar-refractivity contribution in [1.82, 2.24) is 0 Å². The summed E-state index contributed by atoms with van der Waals surface area (Å²) in [5.74, 6) is -1.11. The molecule has 0 spiro atoms. The molecule has 0 amide bonds. The van der Waals surface area contributed by atoms with Crippen molar-refractivity contribution in [1.29, 1.82) is 0 Å². The Hall–Kier alpha value is -1.63. The van der Waals surface area contributed by atoms with Gasteiger partial charge < -0.3 is 109 Å². The maximum Gasteiger partial charge on any atom is 0.302 e. The number of hydrogen-bond acceptors (Lipinski definition) is 23. The van der Waals surface area contributed by atoms with Gasteiger partial charge in [0.15, 0.2) is 25.2 Å². The van der Waals surface area contributed by atoms with Crippen LogP contribution in [0.1, 0.15) is 120 Å². The van der Waals surface area contributed by atoms with Gasteiger partial charge in [-0.05, 0) is 124 Å². The average Bonchev–Trinajstić information content (AvgIpc) is 2.47. The monoisotopic (exact) mass is 1120 g/mol. The molecule has 78 heavy (non-hydrogen) atoms. The zero-order valence-electron chi connectivity index (χ0n) is 46.6. The van der Waals surface area contributed by atoms with Gasteiger partial charge in [-0.25, -0.2) is 0 Å². The third-order valence-corrected chi connectivity index (χ3v) is 20.8. The van der Waals surface area contributed by atoms with Gasteiger partial charge in [0.25, 0.3) is 0 Å². The Bertz CT molecular complexity index is 2060. The maximum absolute atomic E-state index is 12.9. The van der Waals surface area contributed by atoms with Gasteiger partial charge in [-0.3, -0.25) is 4.79 Å². The molecule has 8 rings (SSSR count). The second-order valence-corrected chi connectivity index (χ2v) is 25.9. The Kier molecular flexibility index (Phi) is 19.0. The van der Waals surface area contributed by atoms with Crippen LogP contribution in [0.4, 0.5) is 0 Å². The third kappa shape index (κ3) is 11.3. The first-order valence-electron chi connectivity index (χ1n) is 28.2. The highest BCUT2D eigenvalue weighted by Gasteiger charge is 2.72. The van der Waals surface area contributed by atoms with Crippen LogP contribution in [-0.2, 0) is 47.4 Å². The Morgan fingerprint density at radius 3 is 1.86 bits per heavy atom. The Morgan fingerprint density at radius 2 is 1.21 bits per heavy atom. The topological polar surface area (TPSA) is 363 Å². The summed E-state index contributed by atoms with van der Waals surface area (Å²) in [7, 11) is 0. The van der Waals surface area contributed by atoms with Crippen molar-refractivity contribution in [2.45, 2.75) is 255 Å². The molecule has 4 saturated heterocycles. The molecule has 0 aromatic heterocycles. The van der Waals surface area contributed by atoms with Gasteiger partial charge in [0.1, 0.15) is 98.2 Å². The summed E-state index contributed by atoms with van der Waals surface area (Å²) in [5.41, 5.74) is -1.58. The maximum atomic E-state index is 12.9. The van der Waals surface area contributed by atoms with Gasteiger partial charge in [0, 0.05) is 6.92 Å². The minimum atomic E-state index is -1.84. The van der Waals surface area contributed by atoms with Crippen molar-refractivity contribution in [3.8, 4) is 0 Å². The Balaban J connectivity index is 1.02. The molecule has 23 nitrogen and oxygen atoms in total. The number of fused-ring (bicyclic) bond motifs is 5. The zero-order valence-corrected chi connectivity index (χ0v) is 46.6. The average molecular weight is 1120 g/mol. The summed E-state index contributed by atoms with van der Waals surface area (Å²) in [6.45, 7) is 16.5. The number of carbonyl (C=O) groups is 1. The van der Waals surface area contributed by atoms with Gasteiger partial charge in [0.2, 0.25) is 0 Å². The van der Waals surface area contributed by atoms with Crippen LogP contribution >= 0.6 is 0 Å². The number of carbonyl (C=O) groups excluding carboxylic acids is 1. The van der Waals surface area contributed by atoms with E-state index in [0.717, 1.165) is 24.8 Å². The van der Waals surface area contributed by atoms with Gasteiger partial charge >= 0.3 is 5.97 Å². The molecule has 4 aliphatic heterocycles. The van der Waals surface area contributed by atoms with Crippen molar-refractivity contribution in [2.24, 2.45) is 45.3 Å². The van der Waals surface area contributed by atoms with Crippen LogP contribution in [0, 0.1) is 45.3 Å². The predicted octanol–water partition coefficient (Wildman–Crippen LogP) is -0.993. The lowest BCUT2D eigenvalue weighted by atomic mass is 9.35. The smallest absolute Gasteiger partial charge is 0.302 e. The van der Waals surface area contributed by atoms with Crippen LogP contribution < -0.4 is 0 Å². The van der Waals surface area contributed by atoms with E-state index < -0.39 is 171 Å². The normalized spacial score (nSPS) is 51.1. The molecule has 0 unspecified atom stereocenters. The van der Waals surface area contributed by atoms with E-state index in [-0.39, 0.29) is 41.1 Å². The molecule has 4 aliphatic carbocycles. The summed E-state index contributed by atoms with van der Waals surface area (Å²) >= 11 is 0. The largest absolute Gasteiger partial charge is 0.463 e. The van der Waals surface area contributed by atoms with Gasteiger partial charge in [0.05, 0.1) is 37.6 Å². The Labute approximate surface area is 456 Å². The summed E-state index contributed by atoms with van der Waals surface area (Å²) in [6.07, 6.45) is -23.1. The van der Waals surface area contributed by atoms with Crippen LogP contribution in [0.5, 0.6) is 0 Å². The van der Waals surface area contributed by atoms with Gasteiger partial charge in [-0.2, -0.15) is 0 Å². The number of esters is 1. The molecule has 0 aromatic rings. The molecular weight excluding hydrogens is 1030 g/mol. The summed E-state index contributed by atoms with van der Waals surface area (Å²) in [6, 6.07) is 0. The molecule has 4 heterocycles. The van der Waals surface area contributed by atoms with Crippen molar-refractivity contribution in [3.05, 3.63) is 11.6 Å². The van der Waals surface area contributed by atoms with E-state index in [4.69, 9.17) is 42.6 Å². The number of ether oxygens (including phenoxy) is 9. The molecule has 23 heteroatoms. The molecule has 8 aliphatic rings. The molecule has 450 valence electrons. The van der Waals surface area contributed by atoms with Crippen molar-refractivity contribution in [2.75, 3.05) is 26.4 Å². The predicted molar refractivity (Wildman–Crippen MR) is 270 cm³/mol. The first-order chi connectivity index (χ1) is 36.4. The number of aliphatic hydroxyl groups excluding tert-OH is 13. The molecule has 0 bridgehead atoms. The fourth-order valence-electron chi connectivity index (χ4n) is 16.2. The molecule has 29 atom stereocenters. The molecule has 4 saturated carbocycles. The molecule has 8 fully saturated rings. The van der Waals surface area contributed by atoms with Crippen molar-refractivity contribution in [3.63, 3.8) is 0 Å². The van der Waals surface area contributed by atoms with E-state index in [2.05, 4.69) is 40.7 Å². The molecule has 0 radical (unpaired) electrons. The van der Waals surface area contributed by atoms with Crippen LogP contribution in [0.2, 0.25) is 0 Å². The first-order valence-corrected chi connectivity index (χ1v) is 28.2. The van der Waals surface area contributed by atoms with Crippen molar-refractivity contribution >= 4 is 5.97 Å². The van der Waals surface area contributed by atoms with E-state index in [9.17, 15) is 71.2 Å². The SMILES string of the molecule is CC(=O)OC[C@H]1O[C@@H](O[C@H]2CC[C@]3(C)[C@H]4C[C@@H](O)[C@@H]5[C@@H]([C@](C)(CCC=C(C)C)O[C@@H]6O[C@H](CO[C@@H]7OC[C@H](O)[C@H](O)[C@H]7O)[C@@H](O)[C@H](O)[C@H]6O)CC[C@@]5(C)[C@]4(C)CC[C@H]3C2(C)C)[C@H](O[C@@H]2O[C@H](CO)[C@@H](O)[C@H](O)[C@H]2O)[C@@H](O)[C@@H]1O. The highest BCUT2D eigenvalue weighted by molar-refractivity contribution is 5.65. The summed E-state index contributed by atoms with van der Waals surface area (Å²) in [4.78, 5) is 11.9. The van der Waals surface area contributed by atoms with Crippen LogP contribution in [0.25, 0.3) is 0 Å². The number of allylic oxidation sites excluding steroid dienone is 2. The fraction of sp³-hybridized carbons (Fsp3) is 0.945. The summed E-state index contributed by atoms with van der Waals surface area (Å²) < 4.78 is 54.3. The van der Waals surface area contributed by atoms with E-state index in [0.29, 0.717) is 38.5 Å². The minimum absolute atomic E-state index is 0.0260. The van der Waals surface area contributed by atoms with Crippen LogP contribution in [0.3, 0.4) is 0 Å². The van der Waals surface area contributed by atoms with Crippen molar-refractivity contribution < 1.29 is 114 Å². The third-order valence-electron chi connectivity index (χ3n) is 20.8. The van der Waals surface area contributed by atoms with E-state index in [1.54, 1.807) is 0 Å². The minimum Gasteiger partial charge on any atom is -0.463 e. The lowest BCUT2D eigenvalue weighted by Gasteiger charge is -2.71. The summed E-state index contributed by atoms with van der Waals surface area (Å²) in [5, 5.41) is 142. The van der Waals surface area contributed by atoms with Gasteiger partial charge in [-0.1, -0.05) is 46.3 Å². The Morgan fingerprint density at radius 1 is 0.615 bits per heavy atom. The second kappa shape index (κ2) is 23.8. The molecular formula is C55H92O23. The van der Waals surface area contributed by atoms with Crippen LogP contribution in [0.15, 0.2) is 11.6 Å². The number of aliphatic hydroxyl groups is 13. The first kappa shape index (κ1) is 62.4. The standard InChI is InChI=1S/C55H92O23/c1-24(2)11-10-15-55(9,78-49-45(69)41(65)38(62)31(74-49)23-72-47-43(67)36(60)28(59)21-71-47)26-12-17-54(8)35(26)27(58)19-33-52(6)16-14-34(51(4,5)32(52)13-18-53(33,54)7)76-50-46(42(66)39(63)30(75-50)22-70-25(3)57)77-48-44(68)40(64)37(61)29(20-56)73-48/h11,26-50,56,58-69H,10,12-23H2,1-9H3/t26-,27+,28-,29+,30+,31+,32-,33+,34-,35-,36-,37+,38+,39+,40-,41-,42-,43+,44+,45+,46+,47-,48-,49-,50-,52-,53+,54+,55-/m0/s1.